The van der Waals surface area contributed by atoms with Gasteiger partial charge in [-0.2, -0.15) is 4.98 Å². The van der Waals surface area contributed by atoms with Gasteiger partial charge in [-0.15, -0.1) is 5.10 Å². The Hall–Kier alpha value is -4.14. The summed E-state index contributed by atoms with van der Waals surface area (Å²) in [6.07, 6.45) is 2.66. The van der Waals surface area contributed by atoms with Gasteiger partial charge in [-0.25, -0.2) is 9.50 Å². The number of aromatic nitrogens is 4. The first-order valence-electron chi connectivity index (χ1n) is 10.8. The minimum absolute atomic E-state index is 0.0101. The molecule has 2 aromatic heterocycles. The van der Waals surface area contributed by atoms with Crippen molar-refractivity contribution in [3.05, 3.63) is 59.4 Å². The Balaban J connectivity index is 1.51. The molecule has 1 aliphatic carbocycles. The second kappa shape index (κ2) is 8.66. The zero-order chi connectivity index (χ0) is 23.8. The maximum absolute atomic E-state index is 13.1. The Morgan fingerprint density at radius 1 is 0.882 bits per heavy atom. The van der Waals surface area contributed by atoms with Gasteiger partial charge < -0.3 is 18.9 Å². The number of rotatable bonds is 6. The number of hydrogen-bond donors (Lipinski definition) is 0. The molecule has 0 amide bonds. The van der Waals surface area contributed by atoms with Crippen molar-refractivity contribution in [3.63, 3.8) is 0 Å². The highest BCUT2D eigenvalue weighted by atomic mass is 16.5. The van der Waals surface area contributed by atoms with E-state index < -0.39 is 0 Å². The maximum Gasteiger partial charge on any atom is 0.252 e. The summed E-state index contributed by atoms with van der Waals surface area (Å²) in [4.78, 5) is 22.4. The third-order valence-electron chi connectivity index (χ3n) is 6.09. The number of carbonyl (C=O) groups excluding carboxylic acids is 1. The number of Topliss-reactive ketones (excluding diaryl/α,β-unsaturated/α-hetero) is 1. The molecule has 0 radical (unpaired) electrons. The highest BCUT2D eigenvalue weighted by molar-refractivity contribution is 5.98. The van der Waals surface area contributed by atoms with Crippen LogP contribution in [0.25, 0.3) is 17.2 Å². The summed E-state index contributed by atoms with van der Waals surface area (Å²) in [6.45, 7) is 0. The number of fused-ring (bicyclic) bond motifs is 2. The summed E-state index contributed by atoms with van der Waals surface area (Å²) in [5, 5.41) is 4.53. The Labute approximate surface area is 196 Å². The number of carbonyl (C=O) groups is 1. The Bertz CT molecular complexity index is 1360. The van der Waals surface area contributed by atoms with Gasteiger partial charge in [0.25, 0.3) is 5.78 Å². The van der Waals surface area contributed by atoms with Crippen molar-refractivity contribution in [1.82, 2.24) is 19.6 Å². The molecule has 0 spiro atoms. The molecule has 5 rings (SSSR count). The zero-order valence-corrected chi connectivity index (χ0v) is 19.4. The van der Waals surface area contributed by atoms with Crippen LogP contribution < -0.4 is 18.9 Å². The smallest absolute Gasteiger partial charge is 0.252 e. The van der Waals surface area contributed by atoms with Gasteiger partial charge in [-0.3, -0.25) is 4.79 Å². The standard InChI is InChI=1S/C25H24N4O5/c1-31-17-7-5-14(6-8-17)24-27-25-26-19-9-15(10-20(30)18(19)13-29(25)28-24)16-11-21(32-2)23(34-4)22(12-16)33-3/h5-8,11-13,15H,9-10H2,1-4H3. The molecule has 1 unspecified atom stereocenters. The average molecular weight is 460 g/mol. The molecule has 4 aromatic rings. The Kier molecular flexibility index (Phi) is 5.53. The van der Waals surface area contributed by atoms with Gasteiger partial charge >= 0.3 is 0 Å². The van der Waals surface area contributed by atoms with Gasteiger partial charge in [0.15, 0.2) is 23.1 Å². The molecular weight excluding hydrogens is 436 g/mol. The zero-order valence-electron chi connectivity index (χ0n) is 19.4. The summed E-state index contributed by atoms with van der Waals surface area (Å²) in [7, 11) is 6.34. The summed E-state index contributed by atoms with van der Waals surface area (Å²) >= 11 is 0. The van der Waals surface area contributed by atoms with Crippen molar-refractivity contribution in [2.24, 2.45) is 0 Å². The quantitative estimate of drug-likeness (QED) is 0.429. The number of benzene rings is 2. The molecule has 2 heterocycles. The fourth-order valence-corrected chi connectivity index (χ4v) is 4.32. The third kappa shape index (κ3) is 3.68. The van der Waals surface area contributed by atoms with Crippen LogP contribution in [-0.4, -0.2) is 53.8 Å². The van der Waals surface area contributed by atoms with E-state index in [0.717, 1.165) is 16.9 Å². The van der Waals surface area contributed by atoms with Crippen LogP contribution >= 0.6 is 0 Å². The molecule has 0 fully saturated rings. The lowest BCUT2D eigenvalue weighted by atomic mass is 9.82. The van der Waals surface area contributed by atoms with Gasteiger partial charge in [0.05, 0.1) is 39.7 Å². The van der Waals surface area contributed by atoms with E-state index in [0.29, 0.717) is 52.9 Å². The van der Waals surface area contributed by atoms with Crippen LogP contribution in [0.3, 0.4) is 0 Å². The van der Waals surface area contributed by atoms with E-state index in [2.05, 4.69) is 10.1 Å². The fraction of sp³-hybridized carbons (Fsp3) is 0.280. The molecule has 174 valence electrons. The molecule has 0 saturated carbocycles. The number of ether oxygens (including phenoxy) is 4. The molecule has 0 bridgehead atoms. The van der Waals surface area contributed by atoms with Crippen molar-refractivity contribution in [3.8, 4) is 34.4 Å². The molecule has 9 nitrogen and oxygen atoms in total. The molecular formula is C25H24N4O5. The minimum atomic E-state index is -0.0763. The van der Waals surface area contributed by atoms with Crippen LogP contribution in [0.15, 0.2) is 42.6 Å². The molecule has 0 saturated heterocycles. The molecule has 2 aromatic carbocycles. The van der Waals surface area contributed by atoms with E-state index in [1.165, 1.54) is 0 Å². The topological polar surface area (TPSA) is 97.1 Å². The van der Waals surface area contributed by atoms with Crippen molar-refractivity contribution >= 4 is 11.6 Å². The largest absolute Gasteiger partial charge is 0.497 e. The first-order valence-corrected chi connectivity index (χ1v) is 10.8. The number of nitrogens with zero attached hydrogens (tertiary/aromatic N) is 4. The third-order valence-corrected chi connectivity index (χ3v) is 6.09. The molecule has 1 aliphatic rings. The lowest BCUT2D eigenvalue weighted by Gasteiger charge is -2.24. The summed E-state index contributed by atoms with van der Waals surface area (Å²) < 4.78 is 23.2. The first kappa shape index (κ1) is 21.7. The van der Waals surface area contributed by atoms with E-state index in [4.69, 9.17) is 23.9 Å². The van der Waals surface area contributed by atoms with E-state index in [-0.39, 0.29) is 11.7 Å². The van der Waals surface area contributed by atoms with E-state index in [1.807, 2.05) is 36.4 Å². The molecule has 1 atom stereocenters. The van der Waals surface area contributed by atoms with Crippen molar-refractivity contribution in [1.29, 1.82) is 0 Å². The van der Waals surface area contributed by atoms with Crippen molar-refractivity contribution < 1.29 is 23.7 Å². The predicted octanol–water partition coefficient (Wildman–Crippen LogP) is 3.74. The molecule has 9 heteroatoms. The molecule has 0 N–H and O–H groups in total. The second-order valence-corrected chi connectivity index (χ2v) is 8.00. The Morgan fingerprint density at radius 3 is 2.21 bits per heavy atom. The van der Waals surface area contributed by atoms with Gasteiger partial charge in [-0.05, 0) is 54.3 Å². The van der Waals surface area contributed by atoms with Gasteiger partial charge in [0.1, 0.15) is 5.75 Å². The van der Waals surface area contributed by atoms with Crippen molar-refractivity contribution in [2.45, 2.75) is 18.8 Å². The number of methoxy groups -OCH3 is 4. The summed E-state index contributed by atoms with van der Waals surface area (Å²) in [5.74, 6) is 3.30. The number of ketones is 1. The summed E-state index contributed by atoms with van der Waals surface area (Å²) in [5.41, 5.74) is 3.04. The van der Waals surface area contributed by atoms with Crippen LogP contribution in [0.5, 0.6) is 23.0 Å². The van der Waals surface area contributed by atoms with E-state index >= 15 is 0 Å². The van der Waals surface area contributed by atoms with Gasteiger partial charge in [0.2, 0.25) is 5.75 Å². The second-order valence-electron chi connectivity index (χ2n) is 8.00. The Morgan fingerprint density at radius 2 is 1.59 bits per heavy atom. The molecule has 34 heavy (non-hydrogen) atoms. The average Bonchev–Trinajstić information content (AvgIpc) is 3.29. The van der Waals surface area contributed by atoms with Crippen LogP contribution in [-0.2, 0) is 6.42 Å². The number of hydrogen-bond acceptors (Lipinski definition) is 8. The minimum Gasteiger partial charge on any atom is -0.497 e. The monoisotopic (exact) mass is 460 g/mol. The highest BCUT2D eigenvalue weighted by Gasteiger charge is 2.30. The van der Waals surface area contributed by atoms with Crippen LogP contribution in [0.1, 0.15) is 34.0 Å². The van der Waals surface area contributed by atoms with Crippen LogP contribution in [0, 0.1) is 0 Å². The summed E-state index contributed by atoms with van der Waals surface area (Å²) in [6, 6.07) is 11.3. The van der Waals surface area contributed by atoms with Crippen LogP contribution in [0.4, 0.5) is 0 Å². The van der Waals surface area contributed by atoms with E-state index in [9.17, 15) is 4.79 Å². The maximum atomic E-state index is 13.1. The SMILES string of the molecule is COc1ccc(-c2nc3nc4c(cn3n2)C(=O)CC(c2cc(OC)c(OC)c(OC)c2)C4)cc1. The molecule has 0 aliphatic heterocycles. The highest BCUT2D eigenvalue weighted by Crippen LogP contribution is 2.42. The predicted molar refractivity (Wildman–Crippen MR) is 124 cm³/mol. The van der Waals surface area contributed by atoms with Crippen molar-refractivity contribution in [2.75, 3.05) is 28.4 Å². The fourth-order valence-electron chi connectivity index (χ4n) is 4.32. The van der Waals surface area contributed by atoms with Gasteiger partial charge in [0, 0.05) is 18.2 Å². The first-order chi connectivity index (χ1) is 16.5. The lowest BCUT2D eigenvalue weighted by Crippen LogP contribution is -2.21. The van der Waals surface area contributed by atoms with E-state index in [1.54, 1.807) is 39.2 Å². The van der Waals surface area contributed by atoms with Gasteiger partial charge in [-0.1, -0.05) is 0 Å². The lowest BCUT2D eigenvalue weighted by molar-refractivity contribution is 0.0962. The normalized spacial score (nSPS) is 15.2. The van der Waals surface area contributed by atoms with Crippen LogP contribution in [0.2, 0.25) is 0 Å².